The van der Waals surface area contributed by atoms with Gasteiger partial charge in [-0.3, -0.25) is 9.59 Å². The highest BCUT2D eigenvalue weighted by Crippen LogP contribution is 2.39. The van der Waals surface area contributed by atoms with Crippen molar-refractivity contribution >= 4 is 23.2 Å². The largest absolute Gasteiger partial charge is 0.454 e. The summed E-state index contributed by atoms with van der Waals surface area (Å²) in [5.74, 6) is 0.608. The summed E-state index contributed by atoms with van der Waals surface area (Å²) in [6.45, 7) is 0.122. The predicted molar refractivity (Wildman–Crippen MR) is 72.6 cm³/mol. The number of amides is 1. The third-order valence-electron chi connectivity index (χ3n) is 2.75. The molecule has 1 amide bonds. The van der Waals surface area contributed by atoms with E-state index < -0.39 is 5.91 Å². The second-order valence-electron chi connectivity index (χ2n) is 4.08. The van der Waals surface area contributed by atoms with Gasteiger partial charge in [0.1, 0.15) is 0 Å². The highest BCUT2D eigenvalue weighted by Gasteiger charge is 2.18. The number of hydrogen-bond donors (Lipinski definition) is 2. The number of carbonyl (C=O) groups is 1. The normalized spacial score (nSPS) is 12.2. The van der Waals surface area contributed by atoms with Crippen molar-refractivity contribution in [2.24, 2.45) is 0 Å². The van der Waals surface area contributed by atoms with Crippen LogP contribution in [0.1, 0.15) is 10.4 Å². The van der Waals surface area contributed by atoms with Crippen LogP contribution in [0.3, 0.4) is 0 Å². The quantitative estimate of drug-likeness (QED) is 0.887. The van der Waals surface area contributed by atoms with Crippen molar-refractivity contribution in [3.8, 4) is 11.5 Å². The van der Waals surface area contributed by atoms with Crippen molar-refractivity contribution in [1.29, 1.82) is 0 Å². The fourth-order valence-electron chi connectivity index (χ4n) is 1.79. The summed E-state index contributed by atoms with van der Waals surface area (Å²) in [7, 11) is 0. The molecule has 6 nitrogen and oxygen atoms in total. The minimum absolute atomic E-state index is 0.122. The number of aromatic nitrogens is 1. The number of pyridine rings is 1. The molecular formula is C13H9ClN2O4. The molecule has 1 aliphatic heterocycles. The molecule has 2 aromatic rings. The van der Waals surface area contributed by atoms with Gasteiger partial charge in [-0.25, -0.2) is 0 Å². The van der Waals surface area contributed by atoms with E-state index in [4.69, 9.17) is 21.1 Å². The van der Waals surface area contributed by atoms with Crippen LogP contribution in [-0.4, -0.2) is 17.7 Å². The molecule has 0 radical (unpaired) electrons. The van der Waals surface area contributed by atoms with Gasteiger partial charge in [-0.15, -0.1) is 0 Å². The molecule has 0 saturated heterocycles. The average Bonchev–Trinajstić information content (AvgIpc) is 2.86. The molecule has 0 fully saturated rings. The predicted octanol–water partition coefficient (Wildman–Crippen LogP) is 2.01. The van der Waals surface area contributed by atoms with Crippen molar-refractivity contribution in [1.82, 2.24) is 4.98 Å². The number of aromatic amines is 1. The first-order valence-electron chi connectivity index (χ1n) is 5.73. The lowest BCUT2D eigenvalue weighted by Crippen LogP contribution is -2.15. The van der Waals surface area contributed by atoms with Gasteiger partial charge in [0, 0.05) is 30.0 Å². The van der Waals surface area contributed by atoms with E-state index >= 15 is 0 Å². The van der Waals surface area contributed by atoms with Crippen molar-refractivity contribution < 1.29 is 14.3 Å². The summed E-state index contributed by atoms with van der Waals surface area (Å²) in [5, 5.41) is 2.95. The van der Waals surface area contributed by atoms with E-state index in [9.17, 15) is 9.59 Å². The Morgan fingerprint density at radius 1 is 1.25 bits per heavy atom. The highest BCUT2D eigenvalue weighted by molar-refractivity contribution is 6.34. The van der Waals surface area contributed by atoms with Crippen LogP contribution in [0, 0.1) is 0 Å². The summed E-state index contributed by atoms with van der Waals surface area (Å²) in [6, 6.07) is 5.85. The van der Waals surface area contributed by atoms with Crippen LogP contribution in [0.5, 0.6) is 11.5 Å². The number of hydrogen-bond acceptors (Lipinski definition) is 4. The molecule has 1 aliphatic rings. The van der Waals surface area contributed by atoms with Gasteiger partial charge in [-0.05, 0) is 6.07 Å². The molecule has 1 aromatic heterocycles. The SMILES string of the molecule is O=C(Nc1cc2c(cc1Cl)OCO2)c1cc[nH]c(=O)c1. The molecule has 7 heteroatoms. The molecule has 0 atom stereocenters. The van der Waals surface area contributed by atoms with Gasteiger partial charge in [0.05, 0.1) is 10.7 Å². The molecule has 0 unspecified atom stereocenters. The van der Waals surface area contributed by atoms with Crippen LogP contribution in [0.25, 0.3) is 0 Å². The number of H-pyrrole nitrogens is 1. The highest BCUT2D eigenvalue weighted by atomic mass is 35.5. The van der Waals surface area contributed by atoms with Gasteiger partial charge < -0.3 is 19.8 Å². The minimum atomic E-state index is -0.433. The molecule has 2 heterocycles. The zero-order valence-electron chi connectivity index (χ0n) is 10.1. The first kappa shape index (κ1) is 12.6. The second-order valence-corrected chi connectivity index (χ2v) is 4.49. The minimum Gasteiger partial charge on any atom is -0.454 e. The fraction of sp³-hybridized carbons (Fsp3) is 0.0769. The number of halogens is 1. The smallest absolute Gasteiger partial charge is 0.255 e. The topological polar surface area (TPSA) is 80.4 Å². The molecule has 0 aliphatic carbocycles. The molecule has 0 spiro atoms. The van der Waals surface area contributed by atoms with E-state index in [1.807, 2.05) is 0 Å². The lowest BCUT2D eigenvalue weighted by atomic mass is 10.2. The maximum atomic E-state index is 12.0. The number of ether oxygens (including phenoxy) is 2. The Morgan fingerprint density at radius 3 is 2.75 bits per heavy atom. The number of anilines is 1. The molecular weight excluding hydrogens is 284 g/mol. The standard InChI is InChI=1S/C13H9ClN2O4/c14-8-4-10-11(20-6-19-10)5-9(8)16-13(18)7-1-2-15-12(17)3-7/h1-5H,6H2,(H,15,17)(H,16,18). The molecule has 1 aromatic carbocycles. The zero-order chi connectivity index (χ0) is 14.1. The van der Waals surface area contributed by atoms with Gasteiger partial charge >= 0.3 is 0 Å². The van der Waals surface area contributed by atoms with E-state index in [1.165, 1.54) is 18.3 Å². The number of benzene rings is 1. The van der Waals surface area contributed by atoms with E-state index in [1.54, 1.807) is 12.1 Å². The van der Waals surface area contributed by atoms with Crippen LogP contribution in [0.2, 0.25) is 5.02 Å². The monoisotopic (exact) mass is 292 g/mol. The van der Waals surface area contributed by atoms with Gasteiger partial charge in [-0.1, -0.05) is 11.6 Å². The molecule has 20 heavy (non-hydrogen) atoms. The number of fused-ring (bicyclic) bond motifs is 1. The fourth-order valence-corrected chi connectivity index (χ4v) is 1.99. The first-order chi connectivity index (χ1) is 9.63. The Bertz CT molecular complexity index is 741. The second kappa shape index (κ2) is 4.90. The third kappa shape index (κ3) is 2.33. The van der Waals surface area contributed by atoms with E-state index in [0.29, 0.717) is 22.2 Å². The Kier molecular flexibility index (Phi) is 3.08. The Hall–Kier alpha value is -2.47. The van der Waals surface area contributed by atoms with Crippen LogP contribution in [0.4, 0.5) is 5.69 Å². The molecule has 2 N–H and O–H groups in total. The molecule has 102 valence electrons. The maximum Gasteiger partial charge on any atom is 0.255 e. The van der Waals surface area contributed by atoms with Crippen molar-refractivity contribution in [2.45, 2.75) is 0 Å². The van der Waals surface area contributed by atoms with Gasteiger partial charge in [0.2, 0.25) is 12.4 Å². The Morgan fingerprint density at radius 2 is 2.00 bits per heavy atom. The lowest BCUT2D eigenvalue weighted by Gasteiger charge is -2.08. The Labute approximate surface area is 118 Å². The zero-order valence-corrected chi connectivity index (χ0v) is 10.9. The summed E-state index contributed by atoms with van der Waals surface area (Å²) < 4.78 is 10.4. The molecule has 0 bridgehead atoms. The summed E-state index contributed by atoms with van der Waals surface area (Å²) in [4.78, 5) is 25.6. The van der Waals surface area contributed by atoms with Gasteiger partial charge in [0.25, 0.3) is 5.91 Å². The van der Waals surface area contributed by atoms with E-state index in [2.05, 4.69) is 10.3 Å². The van der Waals surface area contributed by atoms with Gasteiger partial charge in [0.15, 0.2) is 11.5 Å². The van der Waals surface area contributed by atoms with E-state index in [0.717, 1.165) is 0 Å². The first-order valence-corrected chi connectivity index (χ1v) is 6.10. The third-order valence-corrected chi connectivity index (χ3v) is 3.06. The molecule has 3 rings (SSSR count). The van der Waals surface area contributed by atoms with Crippen LogP contribution in [-0.2, 0) is 0 Å². The molecule has 0 saturated carbocycles. The van der Waals surface area contributed by atoms with Gasteiger partial charge in [-0.2, -0.15) is 0 Å². The van der Waals surface area contributed by atoms with Crippen molar-refractivity contribution in [2.75, 3.05) is 12.1 Å². The van der Waals surface area contributed by atoms with Crippen molar-refractivity contribution in [3.05, 3.63) is 51.4 Å². The Balaban J connectivity index is 1.88. The van der Waals surface area contributed by atoms with Crippen LogP contribution < -0.4 is 20.3 Å². The average molecular weight is 293 g/mol. The summed E-state index contributed by atoms with van der Waals surface area (Å²) >= 11 is 6.05. The number of rotatable bonds is 2. The van der Waals surface area contributed by atoms with E-state index in [-0.39, 0.29) is 17.9 Å². The summed E-state index contributed by atoms with van der Waals surface area (Å²) in [5.41, 5.74) is 0.276. The number of nitrogens with one attached hydrogen (secondary N) is 2. The maximum absolute atomic E-state index is 12.0. The summed E-state index contributed by atoms with van der Waals surface area (Å²) in [6.07, 6.45) is 1.40. The van der Waals surface area contributed by atoms with Crippen molar-refractivity contribution in [3.63, 3.8) is 0 Å². The van der Waals surface area contributed by atoms with Crippen LogP contribution >= 0.6 is 11.6 Å². The lowest BCUT2D eigenvalue weighted by molar-refractivity contribution is 0.102. The van der Waals surface area contributed by atoms with Crippen LogP contribution in [0.15, 0.2) is 35.3 Å². The number of carbonyl (C=O) groups excluding carboxylic acids is 1.